The SMILES string of the molecule is CCn1cc(NC(=O)CCCc2c[nH]c3ccccc23)c(C(=O)Nc2ccccc2)n1. The van der Waals surface area contributed by atoms with Crippen molar-refractivity contribution in [1.29, 1.82) is 0 Å². The monoisotopic (exact) mass is 415 g/mol. The number of aryl methyl sites for hydroxylation is 2. The average molecular weight is 415 g/mol. The predicted octanol–water partition coefficient (Wildman–Crippen LogP) is 4.60. The highest BCUT2D eigenvalue weighted by Crippen LogP contribution is 2.20. The van der Waals surface area contributed by atoms with Gasteiger partial charge in [-0.1, -0.05) is 36.4 Å². The van der Waals surface area contributed by atoms with E-state index in [2.05, 4.69) is 26.8 Å². The minimum absolute atomic E-state index is 0.135. The summed E-state index contributed by atoms with van der Waals surface area (Å²) in [7, 11) is 0. The van der Waals surface area contributed by atoms with Crippen LogP contribution in [0.25, 0.3) is 10.9 Å². The summed E-state index contributed by atoms with van der Waals surface area (Å²) < 4.78 is 1.64. The van der Waals surface area contributed by atoms with Gasteiger partial charge in [0.2, 0.25) is 5.91 Å². The number of fused-ring (bicyclic) bond motifs is 1. The van der Waals surface area contributed by atoms with Crippen molar-refractivity contribution in [3.8, 4) is 0 Å². The Bertz CT molecular complexity index is 1190. The number of rotatable bonds is 8. The first-order valence-electron chi connectivity index (χ1n) is 10.4. The number of H-pyrrole nitrogens is 1. The Kier molecular flexibility index (Phi) is 6.12. The summed E-state index contributed by atoms with van der Waals surface area (Å²) in [5.41, 5.74) is 3.60. The van der Waals surface area contributed by atoms with Gasteiger partial charge in [0.1, 0.15) is 0 Å². The van der Waals surface area contributed by atoms with Crippen molar-refractivity contribution in [1.82, 2.24) is 14.8 Å². The van der Waals surface area contributed by atoms with E-state index >= 15 is 0 Å². The zero-order valence-corrected chi connectivity index (χ0v) is 17.4. The summed E-state index contributed by atoms with van der Waals surface area (Å²) in [5, 5.41) is 11.2. The molecule has 0 aliphatic rings. The fraction of sp³-hybridized carbons (Fsp3) is 0.208. The molecular weight excluding hydrogens is 390 g/mol. The van der Waals surface area contributed by atoms with Crippen LogP contribution in [0.3, 0.4) is 0 Å². The van der Waals surface area contributed by atoms with Crippen LogP contribution in [0, 0.1) is 0 Å². The average Bonchev–Trinajstić information content (AvgIpc) is 3.39. The van der Waals surface area contributed by atoms with E-state index in [9.17, 15) is 9.59 Å². The maximum Gasteiger partial charge on any atom is 0.278 e. The van der Waals surface area contributed by atoms with Crippen LogP contribution in [-0.2, 0) is 17.8 Å². The van der Waals surface area contributed by atoms with Crippen molar-refractivity contribution in [2.45, 2.75) is 32.7 Å². The van der Waals surface area contributed by atoms with Gasteiger partial charge in [-0.3, -0.25) is 14.3 Å². The quantitative estimate of drug-likeness (QED) is 0.393. The molecule has 0 aliphatic carbocycles. The summed E-state index contributed by atoms with van der Waals surface area (Å²) in [6.07, 6.45) is 5.56. The van der Waals surface area contributed by atoms with Crippen LogP contribution in [0.15, 0.2) is 67.0 Å². The van der Waals surface area contributed by atoms with Gasteiger partial charge in [-0.2, -0.15) is 5.10 Å². The van der Waals surface area contributed by atoms with Crippen LogP contribution in [0.2, 0.25) is 0 Å². The lowest BCUT2D eigenvalue weighted by molar-refractivity contribution is -0.116. The third-order valence-electron chi connectivity index (χ3n) is 5.13. The molecule has 0 saturated carbocycles. The van der Waals surface area contributed by atoms with E-state index in [1.165, 1.54) is 10.9 Å². The molecule has 4 aromatic rings. The van der Waals surface area contributed by atoms with Gasteiger partial charge in [-0.25, -0.2) is 0 Å². The van der Waals surface area contributed by atoms with E-state index in [4.69, 9.17) is 0 Å². The summed E-state index contributed by atoms with van der Waals surface area (Å²) >= 11 is 0. The topological polar surface area (TPSA) is 91.8 Å². The number of benzene rings is 2. The number of hydrogen-bond acceptors (Lipinski definition) is 3. The van der Waals surface area contributed by atoms with Crippen LogP contribution in [0.1, 0.15) is 35.8 Å². The lowest BCUT2D eigenvalue weighted by atomic mass is 10.1. The van der Waals surface area contributed by atoms with Gasteiger partial charge in [-0.05, 0) is 43.5 Å². The van der Waals surface area contributed by atoms with E-state index in [0.29, 0.717) is 30.8 Å². The third-order valence-corrected chi connectivity index (χ3v) is 5.13. The van der Waals surface area contributed by atoms with Crippen molar-refractivity contribution in [2.75, 3.05) is 10.6 Å². The smallest absolute Gasteiger partial charge is 0.278 e. The minimum atomic E-state index is -0.354. The molecule has 0 atom stereocenters. The Hall–Kier alpha value is -3.87. The summed E-state index contributed by atoms with van der Waals surface area (Å²) in [6, 6.07) is 17.3. The van der Waals surface area contributed by atoms with Gasteiger partial charge < -0.3 is 15.6 Å². The fourth-order valence-corrected chi connectivity index (χ4v) is 3.54. The standard InChI is InChI=1S/C24H25N5O2/c1-2-29-16-21(23(28-29)24(31)26-18-10-4-3-5-11-18)27-22(30)14-8-9-17-15-25-20-13-7-6-12-19(17)20/h3-7,10-13,15-16,25H,2,8-9,14H2,1H3,(H,26,31)(H,27,30). The summed E-state index contributed by atoms with van der Waals surface area (Å²) in [4.78, 5) is 28.5. The van der Waals surface area contributed by atoms with Crippen molar-refractivity contribution in [3.05, 3.63) is 78.2 Å². The summed E-state index contributed by atoms with van der Waals surface area (Å²) in [6.45, 7) is 2.53. The van der Waals surface area contributed by atoms with E-state index in [1.54, 1.807) is 23.0 Å². The molecule has 2 aromatic carbocycles. The molecular formula is C24H25N5O2. The lowest BCUT2D eigenvalue weighted by Gasteiger charge is -2.06. The number of carbonyl (C=O) groups excluding carboxylic acids is 2. The van der Waals surface area contributed by atoms with Crippen LogP contribution < -0.4 is 10.6 Å². The molecule has 0 radical (unpaired) electrons. The number of anilines is 2. The molecule has 0 fully saturated rings. The van der Waals surface area contributed by atoms with Crippen molar-refractivity contribution < 1.29 is 9.59 Å². The van der Waals surface area contributed by atoms with E-state index in [1.807, 2.05) is 49.5 Å². The molecule has 31 heavy (non-hydrogen) atoms. The van der Waals surface area contributed by atoms with Crippen LogP contribution in [0.5, 0.6) is 0 Å². The largest absolute Gasteiger partial charge is 0.361 e. The van der Waals surface area contributed by atoms with Gasteiger partial charge in [0.05, 0.1) is 5.69 Å². The number of nitrogens with zero attached hydrogens (tertiary/aromatic N) is 2. The first-order chi connectivity index (χ1) is 15.1. The van der Waals surface area contributed by atoms with Crippen molar-refractivity contribution in [2.24, 2.45) is 0 Å². The lowest BCUT2D eigenvalue weighted by Crippen LogP contribution is -2.18. The molecule has 7 heteroatoms. The minimum Gasteiger partial charge on any atom is -0.361 e. The highest BCUT2D eigenvalue weighted by atomic mass is 16.2. The molecule has 0 aliphatic heterocycles. The highest BCUT2D eigenvalue weighted by Gasteiger charge is 2.18. The fourth-order valence-electron chi connectivity index (χ4n) is 3.54. The van der Waals surface area contributed by atoms with E-state index in [-0.39, 0.29) is 17.5 Å². The maximum atomic E-state index is 12.7. The van der Waals surface area contributed by atoms with E-state index in [0.717, 1.165) is 11.9 Å². The van der Waals surface area contributed by atoms with Gasteiger partial charge in [-0.15, -0.1) is 0 Å². The molecule has 4 rings (SSSR count). The van der Waals surface area contributed by atoms with Gasteiger partial charge >= 0.3 is 0 Å². The number of para-hydroxylation sites is 2. The van der Waals surface area contributed by atoms with Crippen LogP contribution >= 0.6 is 0 Å². The normalized spacial score (nSPS) is 10.9. The van der Waals surface area contributed by atoms with Gasteiger partial charge in [0.25, 0.3) is 5.91 Å². The number of aromatic nitrogens is 3. The predicted molar refractivity (Wildman–Crippen MR) is 122 cm³/mol. The van der Waals surface area contributed by atoms with E-state index < -0.39 is 0 Å². The molecule has 3 N–H and O–H groups in total. The van der Waals surface area contributed by atoms with Crippen molar-refractivity contribution in [3.63, 3.8) is 0 Å². The zero-order chi connectivity index (χ0) is 21.6. The number of nitrogens with one attached hydrogen (secondary N) is 3. The Morgan fingerprint density at radius 1 is 1.03 bits per heavy atom. The summed E-state index contributed by atoms with van der Waals surface area (Å²) in [5.74, 6) is -0.489. The number of carbonyl (C=O) groups is 2. The van der Waals surface area contributed by atoms with Gasteiger partial charge in [0, 0.05) is 41.9 Å². The second-order valence-corrected chi connectivity index (χ2v) is 7.33. The second kappa shape index (κ2) is 9.30. The second-order valence-electron chi connectivity index (χ2n) is 7.33. The molecule has 2 aromatic heterocycles. The molecule has 2 amide bonds. The first-order valence-corrected chi connectivity index (χ1v) is 10.4. The number of hydrogen-bond donors (Lipinski definition) is 3. The number of amides is 2. The molecule has 7 nitrogen and oxygen atoms in total. The molecule has 0 spiro atoms. The molecule has 0 bridgehead atoms. The Labute approximate surface area is 180 Å². The first kappa shape index (κ1) is 20.4. The Balaban J connectivity index is 1.38. The Morgan fingerprint density at radius 2 is 1.81 bits per heavy atom. The maximum absolute atomic E-state index is 12.7. The Morgan fingerprint density at radius 3 is 2.61 bits per heavy atom. The van der Waals surface area contributed by atoms with Crippen LogP contribution in [-0.4, -0.2) is 26.6 Å². The highest BCUT2D eigenvalue weighted by molar-refractivity contribution is 6.08. The third kappa shape index (κ3) is 4.83. The number of aromatic amines is 1. The van der Waals surface area contributed by atoms with Gasteiger partial charge in [0.15, 0.2) is 5.69 Å². The molecule has 0 saturated heterocycles. The zero-order valence-electron chi connectivity index (χ0n) is 17.4. The molecule has 0 unspecified atom stereocenters. The molecule has 2 heterocycles. The molecule has 158 valence electrons. The van der Waals surface area contributed by atoms with Crippen molar-refractivity contribution >= 4 is 34.1 Å². The van der Waals surface area contributed by atoms with Crippen LogP contribution in [0.4, 0.5) is 11.4 Å².